The van der Waals surface area contributed by atoms with Gasteiger partial charge in [-0.25, -0.2) is 0 Å². The highest BCUT2D eigenvalue weighted by Crippen LogP contribution is 2.29. The summed E-state index contributed by atoms with van der Waals surface area (Å²) in [4.78, 5) is 14.3. The summed E-state index contributed by atoms with van der Waals surface area (Å²) in [6.45, 7) is 6.18. The topological polar surface area (TPSA) is 29.5 Å². The van der Waals surface area contributed by atoms with Gasteiger partial charge < -0.3 is 9.64 Å². The summed E-state index contributed by atoms with van der Waals surface area (Å²) in [6, 6.07) is 0.550. The van der Waals surface area contributed by atoms with Crippen molar-refractivity contribution in [2.75, 3.05) is 13.2 Å². The molecule has 0 bridgehead atoms. The lowest BCUT2D eigenvalue weighted by atomic mass is 10.1. The standard InChI is InChI=1S/C14H25NO2/c1-11(2)10-15(12-5-6-12)14(16)8-7-13-4-3-9-17-13/h11-13H,3-10H2,1-2H3. The summed E-state index contributed by atoms with van der Waals surface area (Å²) in [6.07, 6.45) is 6.65. The molecule has 1 heterocycles. The van der Waals surface area contributed by atoms with E-state index in [9.17, 15) is 4.79 Å². The Morgan fingerprint density at radius 3 is 2.65 bits per heavy atom. The van der Waals surface area contributed by atoms with Gasteiger partial charge in [-0.2, -0.15) is 0 Å². The number of carbonyl (C=O) groups is 1. The van der Waals surface area contributed by atoms with Crippen molar-refractivity contribution in [3.05, 3.63) is 0 Å². The Balaban J connectivity index is 1.75. The molecule has 3 heteroatoms. The highest BCUT2D eigenvalue weighted by molar-refractivity contribution is 5.76. The average molecular weight is 239 g/mol. The van der Waals surface area contributed by atoms with Gasteiger partial charge in [0.05, 0.1) is 6.10 Å². The van der Waals surface area contributed by atoms with Crippen molar-refractivity contribution < 1.29 is 9.53 Å². The Hall–Kier alpha value is -0.570. The fraction of sp³-hybridized carbons (Fsp3) is 0.929. The second kappa shape index (κ2) is 5.85. The van der Waals surface area contributed by atoms with Crippen LogP contribution < -0.4 is 0 Å². The molecular weight excluding hydrogens is 214 g/mol. The molecule has 1 saturated carbocycles. The number of rotatable bonds is 6. The molecule has 1 atom stereocenters. The van der Waals surface area contributed by atoms with E-state index in [1.807, 2.05) is 0 Å². The third-order valence-corrected chi connectivity index (χ3v) is 3.57. The Morgan fingerprint density at radius 2 is 2.12 bits per heavy atom. The maximum Gasteiger partial charge on any atom is 0.222 e. The van der Waals surface area contributed by atoms with Gasteiger partial charge in [0.25, 0.3) is 0 Å². The number of hydrogen-bond acceptors (Lipinski definition) is 2. The molecule has 98 valence electrons. The highest BCUT2D eigenvalue weighted by Gasteiger charge is 2.32. The summed E-state index contributed by atoms with van der Waals surface area (Å²) in [5, 5.41) is 0. The molecular formula is C14H25NO2. The first kappa shape index (κ1) is 12.9. The van der Waals surface area contributed by atoms with Crippen LogP contribution in [-0.4, -0.2) is 36.1 Å². The summed E-state index contributed by atoms with van der Waals surface area (Å²) in [5.74, 6) is 0.916. The SMILES string of the molecule is CC(C)CN(C(=O)CCC1CCCO1)C1CC1. The molecule has 2 rings (SSSR count). The van der Waals surface area contributed by atoms with E-state index in [2.05, 4.69) is 18.7 Å². The molecule has 3 nitrogen and oxygen atoms in total. The highest BCUT2D eigenvalue weighted by atomic mass is 16.5. The molecule has 0 aromatic rings. The summed E-state index contributed by atoms with van der Waals surface area (Å²) >= 11 is 0. The van der Waals surface area contributed by atoms with Crippen LogP contribution in [-0.2, 0) is 9.53 Å². The van der Waals surface area contributed by atoms with Gasteiger partial charge >= 0.3 is 0 Å². The second-order valence-corrected chi connectivity index (χ2v) is 5.84. The van der Waals surface area contributed by atoms with Crippen molar-refractivity contribution >= 4 is 5.91 Å². The van der Waals surface area contributed by atoms with E-state index in [4.69, 9.17) is 4.74 Å². The molecule has 0 aromatic heterocycles. The minimum absolute atomic E-state index is 0.344. The van der Waals surface area contributed by atoms with Crippen LogP contribution in [0.3, 0.4) is 0 Å². The van der Waals surface area contributed by atoms with E-state index in [1.54, 1.807) is 0 Å². The lowest BCUT2D eigenvalue weighted by molar-refractivity contribution is -0.133. The summed E-state index contributed by atoms with van der Waals surface area (Å²) < 4.78 is 5.57. The second-order valence-electron chi connectivity index (χ2n) is 5.84. The number of carbonyl (C=O) groups excluding carboxylic acids is 1. The Bertz CT molecular complexity index is 255. The minimum Gasteiger partial charge on any atom is -0.378 e. The first-order valence-corrected chi connectivity index (χ1v) is 7.08. The number of nitrogens with zero attached hydrogens (tertiary/aromatic N) is 1. The van der Waals surface area contributed by atoms with E-state index in [-0.39, 0.29) is 0 Å². The van der Waals surface area contributed by atoms with Gasteiger partial charge in [0.1, 0.15) is 0 Å². The molecule has 1 aliphatic heterocycles. The van der Waals surface area contributed by atoms with Gasteiger partial charge in [-0.1, -0.05) is 13.8 Å². The molecule has 2 fully saturated rings. The first-order valence-electron chi connectivity index (χ1n) is 7.08. The Morgan fingerprint density at radius 1 is 1.35 bits per heavy atom. The molecule has 2 aliphatic rings. The van der Waals surface area contributed by atoms with Gasteiger partial charge in [0.2, 0.25) is 5.91 Å². The van der Waals surface area contributed by atoms with Crippen LogP contribution in [0.15, 0.2) is 0 Å². The van der Waals surface area contributed by atoms with Crippen LogP contribution in [0.2, 0.25) is 0 Å². The third-order valence-electron chi connectivity index (χ3n) is 3.57. The van der Waals surface area contributed by atoms with E-state index < -0.39 is 0 Å². The Labute approximate surface area is 105 Å². The zero-order chi connectivity index (χ0) is 12.3. The lowest BCUT2D eigenvalue weighted by Crippen LogP contribution is -2.36. The molecule has 1 unspecified atom stereocenters. The zero-order valence-corrected chi connectivity index (χ0v) is 11.2. The van der Waals surface area contributed by atoms with Gasteiger partial charge in [-0.05, 0) is 38.0 Å². The number of amides is 1. The van der Waals surface area contributed by atoms with Crippen LogP contribution in [0.4, 0.5) is 0 Å². The van der Waals surface area contributed by atoms with Crippen LogP contribution >= 0.6 is 0 Å². The molecule has 1 aliphatic carbocycles. The van der Waals surface area contributed by atoms with Crippen molar-refractivity contribution in [1.82, 2.24) is 4.90 Å². The molecule has 0 radical (unpaired) electrons. The van der Waals surface area contributed by atoms with Crippen molar-refractivity contribution in [2.45, 2.75) is 64.5 Å². The van der Waals surface area contributed by atoms with Crippen LogP contribution in [0.1, 0.15) is 52.4 Å². The average Bonchev–Trinajstić information content (AvgIpc) is 2.99. The quantitative estimate of drug-likeness (QED) is 0.713. The molecule has 17 heavy (non-hydrogen) atoms. The number of hydrogen-bond donors (Lipinski definition) is 0. The fourth-order valence-corrected chi connectivity index (χ4v) is 2.53. The van der Waals surface area contributed by atoms with Crippen molar-refractivity contribution in [1.29, 1.82) is 0 Å². The molecule has 0 aromatic carbocycles. The summed E-state index contributed by atoms with van der Waals surface area (Å²) in [5.41, 5.74) is 0. The van der Waals surface area contributed by atoms with E-state index >= 15 is 0 Å². The fourth-order valence-electron chi connectivity index (χ4n) is 2.53. The third kappa shape index (κ3) is 3.98. The van der Waals surface area contributed by atoms with Gasteiger partial charge in [0.15, 0.2) is 0 Å². The normalized spacial score (nSPS) is 24.3. The predicted molar refractivity (Wildman–Crippen MR) is 67.8 cm³/mol. The molecule has 0 spiro atoms. The van der Waals surface area contributed by atoms with E-state index in [0.29, 0.717) is 30.4 Å². The lowest BCUT2D eigenvalue weighted by Gasteiger charge is -2.25. The van der Waals surface area contributed by atoms with Crippen LogP contribution in [0.25, 0.3) is 0 Å². The van der Waals surface area contributed by atoms with Gasteiger partial charge in [0, 0.05) is 25.6 Å². The molecule has 1 amide bonds. The van der Waals surface area contributed by atoms with Crippen LogP contribution in [0, 0.1) is 5.92 Å². The maximum atomic E-state index is 12.2. The molecule has 1 saturated heterocycles. The largest absolute Gasteiger partial charge is 0.378 e. The van der Waals surface area contributed by atoms with Gasteiger partial charge in [-0.15, -0.1) is 0 Å². The minimum atomic E-state index is 0.344. The van der Waals surface area contributed by atoms with Crippen molar-refractivity contribution in [3.8, 4) is 0 Å². The monoisotopic (exact) mass is 239 g/mol. The van der Waals surface area contributed by atoms with E-state index in [0.717, 1.165) is 32.4 Å². The summed E-state index contributed by atoms with van der Waals surface area (Å²) in [7, 11) is 0. The first-order chi connectivity index (χ1) is 8.16. The smallest absolute Gasteiger partial charge is 0.222 e. The predicted octanol–water partition coefficient (Wildman–Crippen LogP) is 2.59. The zero-order valence-electron chi connectivity index (χ0n) is 11.2. The van der Waals surface area contributed by atoms with Gasteiger partial charge in [-0.3, -0.25) is 4.79 Å². The number of ether oxygens (including phenoxy) is 1. The van der Waals surface area contributed by atoms with Crippen LogP contribution in [0.5, 0.6) is 0 Å². The Kier molecular flexibility index (Phi) is 4.43. The molecule has 0 N–H and O–H groups in total. The maximum absolute atomic E-state index is 12.2. The van der Waals surface area contributed by atoms with Crippen molar-refractivity contribution in [3.63, 3.8) is 0 Å². The van der Waals surface area contributed by atoms with E-state index in [1.165, 1.54) is 12.8 Å². The van der Waals surface area contributed by atoms with Crippen molar-refractivity contribution in [2.24, 2.45) is 5.92 Å².